The van der Waals surface area contributed by atoms with Crippen molar-refractivity contribution in [2.24, 2.45) is 0 Å². The van der Waals surface area contributed by atoms with Gasteiger partial charge in [0.25, 0.3) is 0 Å². The Bertz CT molecular complexity index is 818. The Balaban J connectivity index is 2.13. The molecule has 0 aromatic heterocycles. The summed E-state index contributed by atoms with van der Waals surface area (Å²) < 4.78 is 15.9. The van der Waals surface area contributed by atoms with Crippen molar-refractivity contribution in [1.82, 2.24) is 11.0 Å². The Morgan fingerprint density at radius 1 is 0.697 bits per heavy atom. The van der Waals surface area contributed by atoms with Gasteiger partial charge in [0, 0.05) is 0 Å². The van der Waals surface area contributed by atoms with Crippen LogP contribution in [-0.2, 0) is 6.35 Å². The number of hydroxylamine groups is 2. The summed E-state index contributed by atoms with van der Waals surface area (Å²) >= 11 is 0.537. The number of amides is 2. The third-order valence-corrected chi connectivity index (χ3v) is 15.7. The molecule has 0 radical (unpaired) electrons. The summed E-state index contributed by atoms with van der Waals surface area (Å²) in [5, 5.41) is 0. The van der Waals surface area contributed by atoms with Gasteiger partial charge in [-0.15, -0.1) is 0 Å². The van der Waals surface area contributed by atoms with E-state index in [1.807, 2.05) is 24.3 Å². The molecule has 0 aliphatic rings. The van der Waals surface area contributed by atoms with Crippen LogP contribution in [0.5, 0.6) is 0 Å². The van der Waals surface area contributed by atoms with E-state index in [9.17, 15) is 9.59 Å². The second-order valence-corrected chi connectivity index (χ2v) is 19.6. The second kappa shape index (κ2) is 15.5. The van der Waals surface area contributed by atoms with E-state index >= 15 is 0 Å². The molecule has 0 aliphatic heterocycles. The van der Waals surface area contributed by atoms with E-state index in [1.54, 1.807) is 24.3 Å². The summed E-state index contributed by atoms with van der Waals surface area (Å²) in [5.41, 5.74) is 6.37. The molecule has 0 atom stereocenters. The molecule has 0 saturated carbocycles. The van der Waals surface area contributed by atoms with Crippen LogP contribution in [0, 0.1) is 7.14 Å². The molecule has 2 rings (SSSR count). The Morgan fingerprint density at radius 3 is 1.55 bits per heavy atom. The standard InChI is InChI=1S/2C7H5INO2.C6H13.C4H9.Sn/c2*8-6-3-1-5(2-4-6)7(10)9-11;1-3-5-6-4-2;1-3-4-2;/h2*1-4H,(H-,9,10,11);1,3-6H2,2H3;1,3-4H2,2H3;/q2*-1;;;+2. The number of rotatable bonds is 14. The van der Waals surface area contributed by atoms with Gasteiger partial charge in [0.1, 0.15) is 0 Å². The first-order valence-corrected chi connectivity index (χ1v) is 19.9. The van der Waals surface area contributed by atoms with Crippen LogP contribution in [0.4, 0.5) is 0 Å². The van der Waals surface area contributed by atoms with Crippen molar-refractivity contribution < 1.29 is 15.9 Å². The summed E-state index contributed by atoms with van der Waals surface area (Å²) in [6.07, 6.45) is 6.20. The number of unbranched alkanes of at least 4 members (excludes halogenated alkanes) is 4. The van der Waals surface area contributed by atoms with Crippen molar-refractivity contribution in [1.29, 1.82) is 0 Å². The van der Waals surface area contributed by atoms with Gasteiger partial charge in [0.05, 0.1) is 0 Å². The van der Waals surface area contributed by atoms with Crippen LogP contribution in [-0.4, -0.2) is 31.0 Å². The van der Waals surface area contributed by atoms with Crippen molar-refractivity contribution >= 4 is 76.2 Å². The maximum atomic E-state index is 12.7. The quantitative estimate of drug-likeness (QED) is 0.0964. The Kier molecular flexibility index (Phi) is 13.6. The Labute approximate surface area is 229 Å². The monoisotopic (exact) mass is 786 g/mol. The van der Waals surface area contributed by atoms with E-state index in [-0.39, 0.29) is 11.8 Å². The molecule has 9 heteroatoms. The van der Waals surface area contributed by atoms with E-state index < -0.39 is 19.2 Å². The number of hydrogen-bond acceptors (Lipinski definition) is 4. The van der Waals surface area contributed by atoms with Crippen LogP contribution in [0.3, 0.4) is 0 Å². The van der Waals surface area contributed by atoms with Gasteiger partial charge in [0.2, 0.25) is 0 Å². The van der Waals surface area contributed by atoms with Crippen LogP contribution < -0.4 is 11.0 Å². The fourth-order valence-electron chi connectivity index (χ4n) is 3.22. The van der Waals surface area contributed by atoms with Crippen molar-refractivity contribution in [2.45, 2.75) is 61.2 Å². The third-order valence-electron chi connectivity index (χ3n) is 5.19. The fraction of sp³-hybridized carbons (Fsp3) is 0.417. The molecular formula is C24H32I2N2O4Sn. The number of carbonyl (C=O) groups is 2. The number of carbonyl (C=O) groups excluding carboxylic acids is 2. The molecule has 2 aromatic carbocycles. The molecule has 33 heavy (non-hydrogen) atoms. The van der Waals surface area contributed by atoms with Crippen LogP contribution in [0.15, 0.2) is 48.5 Å². The van der Waals surface area contributed by atoms with Crippen molar-refractivity contribution in [3.63, 3.8) is 0 Å². The molecule has 0 unspecified atom stereocenters. The minimum atomic E-state index is -3.87. The first-order valence-electron chi connectivity index (χ1n) is 11.4. The van der Waals surface area contributed by atoms with Gasteiger partial charge in [-0.1, -0.05) is 0 Å². The maximum absolute atomic E-state index is 12.7. The number of halogens is 2. The first-order chi connectivity index (χ1) is 15.9. The molecule has 0 fully saturated rings. The average Bonchev–Trinajstić information content (AvgIpc) is 2.83. The van der Waals surface area contributed by atoms with Gasteiger partial charge in [-0.2, -0.15) is 0 Å². The SMILES string of the molecule is CCCCC[CH2][Sn]([CH2]CCC)([O]NC(=O)c1ccc(I)cc1)[O]NC(=O)c1ccc(I)cc1. The molecule has 2 amide bonds. The van der Waals surface area contributed by atoms with E-state index in [4.69, 9.17) is 6.35 Å². The second-order valence-electron chi connectivity index (χ2n) is 7.91. The van der Waals surface area contributed by atoms with Gasteiger partial charge in [-0.05, 0) is 0 Å². The van der Waals surface area contributed by atoms with Crippen molar-refractivity contribution in [3.8, 4) is 0 Å². The third kappa shape index (κ3) is 10.4. The molecule has 6 nitrogen and oxygen atoms in total. The molecule has 0 bridgehead atoms. The summed E-state index contributed by atoms with van der Waals surface area (Å²) in [5.74, 6) is -0.602. The van der Waals surface area contributed by atoms with Crippen LogP contribution in [0.1, 0.15) is 73.1 Å². The molecule has 180 valence electrons. The van der Waals surface area contributed by atoms with Crippen molar-refractivity contribution in [3.05, 3.63) is 66.8 Å². The van der Waals surface area contributed by atoms with E-state index in [0.29, 0.717) is 11.1 Å². The number of hydrogen-bond donors (Lipinski definition) is 2. The molecule has 0 saturated heterocycles. The molecule has 0 heterocycles. The normalized spacial score (nSPS) is 11.3. The topological polar surface area (TPSA) is 76.7 Å². The van der Waals surface area contributed by atoms with Crippen LogP contribution in [0.2, 0.25) is 8.87 Å². The summed E-state index contributed by atoms with van der Waals surface area (Å²) in [6.45, 7) is 4.28. The van der Waals surface area contributed by atoms with Gasteiger partial charge >= 0.3 is 231 Å². The zero-order chi connectivity index (χ0) is 24.1. The zero-order valence-corrected chi connectivity index (χ0v) is 26.3. The van der Waals surface area contributed by atoms with Gasteiger partial charge in [-0.3, -0.25) is 0 Å². The molecule has 0 spiro atoms. The van der Waals surface area contributed by atoms with Crippen LogP contribution in [0.25, 0.3) is 0 Å². The average molecular weight is 785 g/mol. The van der Waals surface area contributed by atoms with Crippen LogP contribution >= 0.6 is 45.2 Å². The molecule has 2 aromatic rings. The number of nitrogens with one attached hydrogen (secondary N) is 2. The fourth-order valence-corrected chi connectivity index (χ4v) is 12.3. The predicted molar refractivity (Wildman–Crippen MR) is 150 cm³/mol. The predicted octanol–water partition coefficient (Wildman–Crippen LogP) is 6.74. The van der Waals surface area contributed by atoms with Gasteiger partial charge in [0.15, 0.2) is 0 Å². The zero-order valence-electron chi connectivity index (χ0n) is 19.2. The van der Waals surface area contributed by atoms with Gasteiger partial charge in [-0.25, -0.2) is 0 Å². The molecular weight excluding hydrogens is 753 g/mol. The Hall–Kier alpha value is -0.441. The summed E-state index contributed by atoms with van der Waals surface area (Å²) in [4.78, 5) is 25.4. The van der Waals surface area contributed by atoms with E-state index in [1.165, 1.54) is 0 Å². The van der Waals surface area contributed by atoms with E-state index in [2.05, 4.69) is 70.0 Å². The Morgan fingerprint density at radius 2 is 1.12 bits per heavy atom. The van der Waals surface area contributed by atoms with Crippen molar-refractivity contribution in [2.75, 3.05) is 0 Å². The van der Waals surface area contributed by atoms with Gasteiger partial charge < -0.3 is 0 Å². The van der Waals surface area contributed by atoms with E-state index in [0.717, 1.165) is 54.5 Å². The minimum absolute atomic E-state index is 0.301. The summed E-state index contributed by atoms with van der Waals surface area (Å²) in [7, 11) is 0. The molecule has 0 aliphatic carbocycles. The number of benzene rings is 2. The summed E-state index contributed by atoms with van der Waals surface area (Å²) in [6, 6.07) is 14.6. The first kappa shape index (κ1) is 28.8. The molecule has 2 N–H and O–H groups in total.